The number of halogens is 1. The van der Waals surface area contributed by atoms with Crippen LogP contribution in [0.2, 0.25) is 0 Å². The Bertz CT molecular complexity index is 599. The fourth-order valence-electron chi connectivity index (χ4n) is 2.19. The van der Waals surface area contributed by atoms with Crippen molar-refractivity contribution in [2.45, 2.75) is 20.0 Å². The summed E-state index contributed by atoms with van der Waals surface area (Å²) in [7, 11) is 1.53. The number of hydrogen-bond acceptors (Lipinski definition) is 3. The zero-order valence-corrected chi connectivity index (χ0v) is 11.1. The highest BCUT2D eigenvalue weighted by Gasteiger charge is 2.22. The van der Waals surface area contributed by atoms with Crippen LogP contribution in [-0.2, 0) is 0 Å². The van der Waals surface area contributed by atoms with Crippen LogP contribution in [0.3, 0.4) is 0 Å². The summed E-state index contributed by atoms with van der Waals surface area (Å²) in [6.07, 6.45) is 0.314. The molecule has 1 aromatic carbocycles. The van der Waals surface area contributed by atoms with Gasteiger partial charge in [0.1, 0.15) is 23.4 Å². The van der Waals surface area contributed by atoms with E-state index in [1.807, 2.05) is 26.0 Å². The number of pyridine rings is 1. The van der Waals surface area contributed by atoms with E-state index in [9.17, 15) is 9.50 Å². The van der Waals surface area contributed by atoms with E-state index in [2.05, 4.69) is 4.98 Å². The van der Waals surface area contributed by atoms with Gasteiger partial charge in [-0.05, 0) is 43.2 Å². The molecule has 0 aliphatic rings. The molecule has 0 saturated carbocycles. The van der Waals surface area contributed by atoms with Gasteiger partial charge in [0.2, 0.25) is 0 Å². The highest BCUT2D eigenvalue weighted by atomic mass is 19.1. The first-order chi connectivity index (χ1) is 9.04. The molecule has 0 fully saturated rings. The van der Waals surface area contributed by atoms with Gasteiger partial charge in [0, 0.05) is 11.8 Å². The Balaban J connectivity index is 2.56. The summed E-state index contributed by atoms with van der Waals surface area (Å²) in [5.74, 6) is 0.00656. The lowest BCUT2D eigenvalue weighted by atomic mass is 9.97. The molecule has 19 heavy (non-hydrogen) atoms. The van der Waals surface area contributed by atoms with E-state index in [1.54, 1.807) is 0 Å². The summed E-state index contributed by atoms with van der Waals surface area (Å²) < 4.78 is 19.0. The number of ether oxygens (including phenoxy) is 1. The van der Waals surface area contributed by atoms with Crippen LogP contribution in [0.4, 0.5) is 4.39 Å². The first-order valence-electron chi connectivity index (χ1n) is 5.98. The smallest absolute Gasteiger partial charge is 0.147 e. The van der Waals surface area contributed by atoms with Gasteiger partial charge in [-0.1, -0.05) is 6.07 Å². The van der Waals surface area contributed by atoms with Crippen molar-refractivity contribution in [3.05, 3.63) is 58.7 Å². The number of benzene rings is 1. The minimum absolute atomic E-state index is 0.00718. The SMILES string of the molecule is COc1cc(C)cc(C)c1C(O)c1ncccc1F. The second-order valence-corrected chi connectivity index (χ2v) is 4.47. The Hall–Kier alpha value is -1.94. The van der Waals surface area contributed by atoms with Crippen molar-refractivity contribution in [1.29, 1.82) is 0 Å². The third-order valence-electron chi connectivity index (χ3n) is 3.03. The third-order valence-corrected chi connectivity index (χ3v) is 3.03. The number of aliphatic hydroxyl groups excluding tert-OH is 1. The van der Waals surface area contributed by atoms with E-state index in [4.69, 9.17) is 4.74 Å². The topological polar surface area (TPSA) is 42.4 Å². The maximum Gasteiger partial charge on any atom is 0.147 e. The van der Waals surface area contributed by atoms with E-state index < -0.39 is 11.9 Å². The molecule has 1 unspecified atom stereocenters. The Morgan fingerprint density at radius 1 is 1.32 bits per heavy atom. The molecule has 1 aromatic heterocycles. The predicted octanol–water partition coefficient (Wildman–Crippen LogP) is 2.93. The van der Waals surface area contributed by atoms with Gasteiger partial charge in [0.25, 0.3) is 0 Å². The molecule has 0 bridgehead atoms. The second-order valence-electron chi connectivity index (χ2n) is 4.47. The number of methoxy groups -OCH3 is 1. The van der Waals surface area contributed by atoms with Crippen molar-refractivity contribution >= 4 is 0 Å². The minimum atomic E-state index is -1.14. The minimum Gasteiger partial charge on any atom is -0.496 e. The third kappa shape index (κ3) is 2.58. The number of nitrogens with zero attached hydrogens (tertiary/aromatic N) is 1. The Labute approximate surface area is 111 Å². The fraction of sp³-hybridized carbons (Fsp3) is 0.267. The summed E-state index contributed by atoms with van der Waals surface area (Å²) in [5, 5.41) is 10.4. The van der Waals surface area contributed by atoms with Crippen LogP contribution in [0.5, 0.6) is 5.75 Å². The lowest BCUT2D eigenvalue weighted by molar-refractivity contribution is 0.203. The lowest BCUT2D eigenvalue weighted by Crippen LogP contribution is -2.09. The van der Waals surface area contributed by atoms with Gasteiger partial charge in [-0.15, -0.1) is 0 Å². The van der Waals surface area contributed by atoms with Gasteiger partial charge in [-0.2, -0.15) is 0 Å². The monoisotopic (exact) mass is 261 g/mol. The molecule has 2 aromatic rings. The van der Waals surface area contributed by atoms with Crippen LogP contribution >= 0.6 is 0 Å². The highest BCUT2D eigenvalue weighted by Crippen LogP contribution is 2.33. The molecule has 1 N–H and O–H groups in total. The van der Waals surface area contributed by atoms with Gasteiger partial charge in [0.05, 0.1) is 7.11 Å². The average Bonchev–Trinajstić information content (AvgIpc) is 2.37. The molecule has 0 saturated heterocycles. The zero-order valence-electron chi connectivity index (χ0n) is 11.1. The van der Waals surface area contributed by atoms with E-state index in [-0.39, 0.29) is 5.69 Å². The molecule has 100 valence electrons. The van der Waals surface area contributed by atoms with Crippen molar-refractivity contribution < 1.29 is 14.2 Å². The van der Waals surface area contributed by atoms with E-state index >= 15 is 0 Å². The molecule has 0 aliphatic heterocycles. The first kappa shape index (κ1) is 13.5. The Morgan fingerprint density at radius 2 is 2.05 bits per heavy atom. The van der Waals surface area contributed by atoms with Crippen LogP contribution in [-0.4, -0.2) is 17.2 Å². The van der Waals surface area contributed by atoms with Gasteiger partial charge in [0.15, 0.2) is 0 Å². The maximum atomic E-state index is 13.7. The van der Waals surface area contributed by atoms with Crippen LogP contribution in [0.1, 0.15) is 28.5 Å². The fourth-order valence-corrected chi connectivity index (χ4v) is 2.19. The standard InChI is InChI=1S/C15H16FNO2/c1-9-7-10(2)13(12(8-9)19-3)15(18)14-11(16)5-4-6-17-14/h4-8,15,18H,1-3H3. The molecule has 2 rings (SSSR count). The van der Waals surface area contributed by atoms with Crippen molar-refractivity contribution in [3.63, 3.8) is 0 Å². The molecular formula is C15H16FNO2. The number of aryl methyl sites for hydroxylation is 2. The van der Waals surface area contributed by atoms with Gasteiger partial charge in [-0.3, -0.25) is 4.98 Å². The quantitative estimate of drug-likeness (QED) is 0.923. The number of aliphatic hydroxyl groups is 1. The zero-order chi connectivity index (χ0) is 14.0. The number of hydrogen-bond donors (Lipinski definition) is 1. The Kier molecular flexibility index (Phi) is 3.81. The second kappa shape index (κ2) is 5.36. The summed E-state index contributed by atoms with van der Waals surface area (Å²) in [6.45, 7) is 3.79. The van der Waals surface area contributed by atoms with Crippen molar-refractivity contribution in [1.82, 2.24) is 4.98 Å². The molecule has 0 aliphatic carbocycles. The van der Waals surface area contributed by atoms with Gasteiger partial charge >= 0.3 is 0 Å². The summed E-state index contributed by atoms with van der Waals surface area (Å²) in [5.41, 5.74) is 2.42. The molecule has 1 heterocycles. The van der Waals surface area contributed by atoms with E-state index in [1.165, 1.54) is 25.4 Å². The maximum absolute atomic E-state index is 13.7. The van der Waals surface area contributed by atoms with Crippen molar-refractivity contribution in [3.8, 4) is 5.75 Å². The van der Waals surface area contributed by atoms with Crippen LogP contribution in [0, 0.1) is 19.7 Å². The molecule has 0 spiro atoms. The average molecular weight is 261 g/mol. The van der Waals surface area contributed by atoms with E-state index in [0.717, 1.165) is 11.1 Å². The predicted molar refractivity (Wildman–Crippen MR) is 70.7 cm³/mol. The largest absolute Gasteiger partial charge is 0.496 e. The number of aromatic nitrogens is 1. The number of rotatable bonds is 3. The molecule has 0 radical (unpaired) electrons. The van der Waals surface area contributed by atoms with Crippen LogP contribution in [0.15, 0.2) is 30.5 Å². The molecule has 0 amide bonds. The lowest BCUT2D eigenvalue weighted by Gasteiger charge is -2.18. The van der Waals surface area contributed by atoms with Gasteiger partial charge in [-0.25, -0.2) is 4.39 Å². The summed E-state index contributed by atoms with van der Waals surface area (Å²) in [6, 6.07) is 6.50. The van der Waals surface area contributed by atoms with Crippen LogP contribution in [0.25, 0.3) is 0 Å². The molecule has 3 nitrogen and oxygen atoms in total. The molecular weight excluding hydrogens is 245 g/mol. The molecule has 4 heteroatoms. The highest BCUT2D eigenvalue weighted by molar-refractivity contribution is 5.46. The van der Waals surface area contributed by atoms with Crippen molar-refractivity contribution in [2.24, 2.45) is 0 Å². The Morgan fingerprint density at radius 3 is 2.68 bits per heavy atom. The molecule has 1 atom stereocenters. The van der Waals surface area contributed by atoms with Crippen LogP contribution < -0.4 is 4.74 Å². The normalized spacial score (nSPS) is 12.3. The summed E-state index contributed by atoms with van der Waals surface area (Å²) >= 11 is 0. The first-order valence-corrected chi connectivity index (χ1v) is 5.98. The van der Waals surface area contributed by atoms with Crippen molar-refractivity contribution in [2.75, 3.05) is 7.11 Å². The summed E-state index contributed by atoms with van der Waals surface area (Å²) in [4.78, 5) is 3.91. The van der Waals surface area contributed by atoms with Gasteiger partial charge < -0.3 is 9.84 Å². The van der Waals surface area contributed by atoms with E-state index in [0.29, 0.717) is 11.3 Å².